The van der Waals surface area contributed by atoms with E-state index in [-0.39, 0.29) is 6.29 Å². The normalized spacial score (nSPS) is 27.6. The number of Topliss-reactive ketones (excluding diaryl/α,β-unsaturated/α-hetero) is 1. The van der Waals surface area contributed by atoms with E-state index in [1.807, 2.05) is 6.08 Å². The monoisotopic (exact) mass is 280 g/mol. The Kier molecular flexibility index (Phi) is 4.43. The molecule has 106 valence electrons. The Morgan fingerprint density at radius 3 is 2.84 bits per heavy atom. The van der Waals surface area contributed by atoms with Gasteiger partial charge in [-0.1, -0.05) is 25.7 Å². The summed E-state index contributed by atoms with van der Waals surface area (Å²) in [5, 5.41) is 1.07. The van der Waals surface area contributed by atoms with Gasteiger partial charge in [0, 0.05) is 6.42 Å². The first-order chi connectivity index (χ1) is 8.95. The van der Waals surface area contributed by atoms with Crippen LogP contribution in [0.1, 0.15) is 19.3 Å². The van der Waals surface area contributed by atoms with Crippen molar-refractivity contribution in [2.24, 2.45) is 5.92 Å². The van der Waals surface area contributed by atoms with Crippen LogP contribution in [-0.2, 0) is 14.3 Å². The minimum atomic E-state index is -1.63. The Hall–Kier alpha value is -0.713. The van der Waals surface area contributed by atoms with Crippen LogP contribution in [0, 0.1) is 5.92 Å². The molecule has 0 radical (unpaired) electrons. The predicted molar refractivity (Wildman–Crippen MR) is 78.6 cm³/mol. The maximum absolute atomic E-state index is 12.3. The minimum absolute atomic E-state index is 0.299. The van der Waals surface area contributed by atoms with E-state index in [2.05, 4.69) is 26.2 Å². The molecule has 0 spiro atoms. The fourth-order valence-corrected chi connectivity index (χ4v) is 5.15. The van der Waals surface area contributed by atoms with E-state index in [1.54, 1.807) is 0 Å². The van der Waals surface area contributed by atoms with Crippen LogP contribution in [0.4, 0.5) is 0 Å². The Balaban J connectivity index is 2.26. The fourth-order valence-electron chi connectivity index (χ4n) is 3.02. The molecule has 0 amide bonds. The molecule has 0 aromatic carbocycles. The van der Waals surface area contributed by atoms with Crippen molar-refractivity contribution in [2.75, 3.05) is 13.2 Å². The first kappa shape index (κ1) is 14.7. The molecule has 3 nitrogen and oxygen atoms in total. The van der Waals surface area contributed by atoms with Crippen LogP contribution in [0.3, 0.4) is 0 Å². The number of fused-ring (bicyclic) bond motifs is 1. The molecule has 0 unspecified atom stereocenters. The van der Waals surface area contributed by atoms with E-state index in [4.69, 9.17) is 9.47 Å². The number of hydrogen-bond acceptors (Lipinski definition) is 3. The summed E-state index contributed by atoms with van der Waals surface area (Å²) in [5.74, 6) is 0.693. The third-order valence-electron chi connectivity index (χ3n) is 3.77. The van der Waals surface area contributed by atoms with Gasteiger partial charge in [0.25, 0.3) is 0 Å². The number of carbonyl (C=O) groups is 1. The number of ketones is 1. The average Bonchev–Trinajstić information content (AvgIpc) is 2.66. The number of rotatable bonds is 5. The lowest BCUT2D eigenvalue weighted by molar-refractivity contribution is -0.138. The van der Waals surface area contributed by atoms with Crippen LogP contribution in [-0.4, -0.2) is 33.4 Å². The van der Waals surface area contributed by atoms with Gasteiger partial charge < -0.3 is 9.47 Å². The first-order valence-corrected chi connectivity index (χ1v) is 10.6. The Bertz CT molecular complexity index is 406. The quantitative estimate of drug-likeness (QED) is 0.441. The Morgan fingerprint density at radius 1 is 1.47 bits per heavy atom. The molecule has 0 aromatic rings. The van der Waals surface area contributed by atoms with Crippen molar-refractivity contribution in [2.45, 2.75) is 45.2 Å². The molecule has 1 heterocycles. The van der Waals surface area contributed by atoms with E-state index < -0.39 is 8.07 Å². The summed E-state index contributed by atoms with van der Waals surface area (Å²) in [4.78, 5) is 12.3. The van der Waals surface area contributed by atoms with Crippen LogP contribution < -0.4 is 0 Å². The van der Waals surface area contributed by atoms with Crippen molar-refractivity contribution in [3.8, 4) is 0 Å². The Labute approximate surface area is 116 Å². The number of allylic oxidation sites excluding steroid dienone is 1. The third-order valence-corrected chi connectivity index (χ3v) is 5.84. The van der Waals surface area contributed by atoms with Gasteiger partial charge in [0.15, 0.2) is 12.1 Å². The Morgan fingerprint density at radius 2 is 2.21 bits per heavy atom. The second-order valence-electron chi connectivity index (χ2n) is 6.34. The molecule has 2 aliphatic rings. The van der Waals surface area contributed by atoms with Gasteiger partial charge in [0.2, 0.25) is 0 Å². The van der Waals surface area contributed by atoms with Gasteiger partial charge in [-0.3, -0.25) is 4.79 Å². The highest BCUT2D eigenvalue weighted by atomic mass is 28.3. The second-order valence-corrected chi connectivity index (χ2v) is 11.3. The molecular weight excluding hydrogens is 256 g/mol. The molecular formula is C15H24O3Si. The largest absolute Gasteiger partial charge is 0.349 e. The summed E-state index contributed by atoms with van der Waals surface area (Å²) in [5.41, 5.74) is 1.17. The van der Waals surface area contributed by atoms with Gasteiger partial charge in [0.1, 0.15) is 0 Å². The minimum Gasteiger partial charge on any atom is -0.349 e. The molecule has 0 bridgehead atoms. The molecule has 0 saturated carbocycles. The standard InChI is InChI=1S/C15H24O3Si/c1-5-6-8-17-15-13-11(7-9-18-15)10-12(16)14(13)19(2,3)4/h5,11,15H,1,6-10H2,2-4H3/t11-,15+/m1/s1. The zero-order chi connectivity index (χ0) is 14.0. The van der Waals surface area contributed by atoms with Crippen LogP contribution >= 0.6 is 0 Å². The van der Waals surface area contributed by atoms with Crippen molar-refractivity contribution in [3.05, 3.63) is 23.4 Å². The summed E-state index contributed by atoms with van der Waals surface area (Å²) in [6, 6.07) is 0. The maximum atomic E-state index is 12.3. The highest BCUT2D eigenvalue weighted by Crippen LogP contribution is 2.42. The highest BCUT2D eigenvalue weighted by molar-refractivity contribution is 6.87. The molecule has 4 heteroatoms. The first-order valence-electron chi connectivity index (χ1n) is 7.07. The summed E-state index contributed by atoms with van der Waals surface area (Å²) < 4.78 is 11.6. The molecule has 1 saturated heterocycles. The molecule has 2 atom stereocenters. The number of ether oxygens (including phenoxy) is 2. The van der Waals surface area contributed by atoms with Gasteiger partial charge in [0.05, 0.1) is 21.3 Å². The molecule has 19 heavy (non-hydrogen) atoms. The van der Waals surface area contributed by atoms with Gasteiger partial charge >= 0.3 is 0 Å². The lowest BCUT2D eigenvalue weighted by atomic mass is 9.95. The molecule has 0 aromatic heterocycles. The smallest absolute Gasteiger partial charge is 0.180 e. The molecule has 2 rings (SSSR count). The number of hydrogen-bond donors (Lipinski definition) is 0. The molecule has 1 aliphatic carbocycles. The fraction of sp³-hybridized carbons (Fsp3) is 0.667. The molecule has 1 aliphatic heterocycles. The topological polar surface area (TPSA) is 35.5 Å². The lowest BCUT2D eigenvalue weighted by Crippen LogP contribution is -2.34. The second kappa shape index (κ2) is 5.73. The van der Waals surface area contributed by atoms with E-state index in [1.165, 1.54) is 5.57 Å². The maximum Gasteiger partial charge on any atom is 0.180 e. The van der Waals surface area contributed by atoms with E-state index in [0.717, 1.165) is 18.0 Å². The van der Waals surface area contributed by atoms with E-state index in [9.17, 15) is 4.79 Å². The zero-order valence-corrected chi connectivity index (χ0v) is 13.2. The lowest BCUT2D eigenvalue weighted by Gasteiger charge is -2.31. The summed E-state index contributed by atoms with van der Waals surface area (Å²) in [7, 11) is -1.63. The van der Waals surface area contributed by atoms with Crippen molar-refractivity contribution < 1.29 is 14.3 Å². The van der Waals surface area contributed by atoms with Crippen molar-refractivity contribution in [3.63, 3.8) is 0 Å². The average molecular weight is 280 g/mol. The number of carbonyl (C=O) groups excluding carboxylic acids is 1. The van der Waals surface area contributed by atoms with Crippen LogP contribution in [0.25, 0.3) is 0 Å². The van der Waals surface area contributed by atoms with Crippen LogP contribution in [0.15, 0.2) is 23.4 Å². The van der Waals surface area contributed by atoms with Crippen molar-refractivity contribution >= 4 is 13.9 Å². The van der Waals surface area contributed by atoms with Gasteiger partial charge in [-0.2, -0.15) is 0 Å². The summed E-state index contributed by atoms with van der Waals surface area (Å²) >= 11 is 0. The summed E-state index contributed by atoms with van der Waals surface area (Å²) in [6.07, 6.45) is 3.98. The molecule has 1 fully saturated rings. The van der Waals surface area contributed by atoms with Crippen molar-refractivity contribution in [1.29, 1.82) is 0 Å². The zero-order valence-electron chi connectivity index (χ0n) is 12.2. The van der Waals surface area contributed by atoms with E-state index >= 15 is 0 Å². The van der Waals surface area contributed by atoms with Crippen LogP contribution in [0.2, 0.25) is 19.6 Å². The SMILES string of the molecule is C=CCCO[C@H]1OCC[C@@H]2CC(=O)C([Si](C)(C)C)=C21. The summed E-state index contributed by atoms with van der Waals surface area (Å²) in [6.45, 7) is 11.7. The predicted octanol–water partition coefficient (Wildman–Crippen LogP) is 3.09. The van der Waals surface area contributed by atoms with E-state index in [0.29, 0.717) is 31.3 Å². The van der Waals surface area contributed by atoms with Gasteiger partial charge in [-0.25, -0.2) is 0 Å². The van der Waals surface area contributed by atoms with Gasteiger partial charge in [-0.05, 0) is 29.5 Å². The van der Waals surface area contributed by atoms with Crippen LogP contribution in [0.5, 0.6) is 0 Å². The molecule has 0 N–H and O–H groups in total. The highest BCUT2D eigenvalue weighted by Gasteiger charge is 2.44. The third kappa shape index (κ3) is 3.07. The van der Waals surface area contributed by atoms with Gasteiger partial charge in [-0.15, -0.1) is 6.58 Å². The van der Waals surface area contributed by atoms with Crippen molar-refractivity contribution in [1.82, 2.24) is 0 Å².